The highest BCUT2D eigenvalue weighted by molar-refractivity contribution is 7.29. The lowest BCUT2D eigenvalue weighted by Crippen LogP contribution is -2.22. The first-order chi connectivity index (χ1) is 12.7. The van der Waals surface area contributed by atoms with Crippen LogP contribution >= 0.6 is 47.5 Å². The number of anilines is 1. The summed E-state index contributed by atoms with van der Waals surface area (Å²) in [6, 6.07) is 8.39. The Kier molecular flexibility index (Phi) is 8.09. The Morgan fingerprint density at radius 3 is 2.61 bits per heavy atom. The van der Waals surface area contributed by atoms with Crippen molar-refractivity contribution in [2.24, 2.45) is 0 Å². The summed E-state index contributed by atoms with van der Waals surface area (Å²) in [6.45, 7) is 8.56. The number of hydrogen-bond acceptors (Lipinski definition) is 6. The number of thiophene rings is 1. The van der Waals surface area contributed by atoms with Crippen molar-refractivity contribution in [1.29, 1.82) is 0 Å². The summed E-state index contributed by atoms with van der Waals surface area (Å²) in [7, 11) is 0. The number of nitrogens with one attached hydrogen (secondary N) is 2. The lowest BCUT2D eigenvalue weighted by Gasteiger charge is -2.16. The second kappa shape index (κ2) is 9.89. The second-order valence-electron chi connectivity index (χ2n) is 6.34. The van der Waals surface area contributed by atoms with Gasteiger partial charge in [0.15, 0.2) is 5.13 Å². The van der Waals surface area contributed by atoms with E-state index in [0.717, 1.165) is 51.3 Å². The van der Waals surface area contributed by atoms with Crippen LogP contribution in [-0.2, 0) is 19.6 Å². The molecule has 2 N–H and O–H groups in total. The molecule has 2 aromatic heterocycles. The fourth-order valence-corrected chi connectivity index (χ4v) is 5.45. The molecule has 1 aliphatic rings. The minimum Gasteiger partial charge on any atom is -0.349 e. The number of fused-ring (bicyclic) bond motifs is 2. The van der Waals surface area contributed by atoms with Gasteiger partial charge in [0.1, 0.15) is 4.83 Å². The van der Waals surface area contributed by atoms with Crippen molar-refractivity contribution in [2.45, 2.75) is 33.5 Å². The molecule has 1 amide bonds. The van der Waals surface area contributed by atoms with E-state index in [4.69, 9.17) is 4.98 Å². The summed E-state index contributed by atoms with van der Waals surface area (Å²) in [6.07, 6.45) is 0. The zero-order chi connectivity index (χ0) is 18.1. The molecule has 5 nitrogen and oxygen atoms in total. The van der Waals surface area contributed by atoms with E-state index in [2.05, 4.69) is 47.6 Å². The van der Waals surface area contributed by atoms with E-state index in [9.17, 15) is 4.79 Å². The highest BCUT2D eigenvalue weighted by Gasteiger charge is 2.16. The third-order valence-electron chi connectivity index (χ3n) is 4.69. The quantitative estimate of drug-likeness (QED) is 0.567. The molecule has 0 atom stereocenters. The van der Waals surface area contributed by atoms with Gasteiger partial charge in [-0.2, -0.15) is 0 Å². The SMILES string of the molecule is CCN(CC)c1nc2sc(C(=O)NCc3ccc4c(c3)CNC4)cc2s1.Cl.Cl. The highest BCUT2D eigenvalue weighted by atomic mass is 35.5. The van der Waals surface area contributed by atoms with E-state index >= 15 is 0 Å². The average molecular weight is 459 g/mol. The molecule has 4 rings (SSSR count). The zero-order valence-corrected chi connectivity index (χ0v) is 19.0. The van der Waals surface area contributed by atoms with Gasteiger partial charge in [-0.05, 0) is 36.6 Å². The molecule has 3 aromatic rings. The normalized spacial score (nSPS) is 12.2. The van der Waals surface area contributed by atoms with Gasteiger partial charge < -0.3 is 15.5 Å². The molecule has 3 heterocycles. The molecule has 0 spiro atoms. The molecule has 0 unspecified atom stereocenters. The van der Waals surface area contributed by atoms with E-state index in [1.54, 1.807) is 11.3 Å². The summed E-state index contributed by atoms with van der Waals surface area (Å²) in [5.74, 6) is -0.0248. The van der Waals surface area contributed by atoms with E-state index in [1.165, 1.54) is 22.5 Å². The number of amides is 1. The van der Waals surface area contributed by atoms with Crippen molar-refractivity contribution >= 4 is 68.1 Å². The number of benzene rings is 1. The first kappa shape index (κ1) is 22.9. The number of rotatable bonds is 6. The lowest BCUT2D eigenvalue weighted by atomic mass is 10.1. The molecular weight excluding hydrogens is 435 g/mol. The fraction of sp³-hybridized carbons (Fsp3) is 0.368. The van der Waals surface area contributed by atoms with Crippen LogP contribution in [0.2, 0.25) is 0 Å². The zero-order valence-electron chi connectivity index (χ0n) is 15.8. The third kappa shape index (κ3) is 4.60. The van der Waals surface area contributed by atoms with Crippen molar-refractivity contribution in [2.75, 3.05) is 18.0 Å². The summed E-state index contributed by atoms with van der Waals surface area (Å²) in [4.78, 5) is 21.1. The van der Waals surface area contributed by atoms with Crippen molar-refractivity contribution in [3.8, 4) is 0 Å². The number of carbonyl (C=O) groups is 1. The average Bonchev–Trinajstić information content (AvgIpc) is 3.34. The maximum atomic E-state index is 12.5. The summed E-state index contributed by atoms with van der Waals surface area (Å²) >= 11 is 3.13. The standard InChI is InChI=1S/C19H22N4OS2.2ClH/c1-3-23(4-2)19-22-18-16(26-19)8-15(25-18)17(24)21-9-12-5-6-13-10-20-11-14(13)7-12;;/h5-8,20H,3-4,9-11H2,1-2H3,(H,21,24);2*1H. The van der Waals surface area contributed by atoms with Gasteiger partial charge in [-0.1, -0.05) is 29.5 Å². The van der Waals surface area contributed by atoms with Crippen LogP contribution in [0.5, 0.6) is 0 Å². The number of thiazole rings is 1. The molecule has 0 bridgehead atoms. The van der Waals surface area contributed by atoms with Crippen molar-refractivity contribution in [3.05, 3.63) is 45.8 Å². The van der Waals surface area contributed by atoms with Crippen molar-refractivity contribution in [3.63, 3.8) is 0 Å². The maximum Gasteiger partial charge on any atom is 0.261 e. The first-order valence-electron chi connectivity index (χ1n) is 8.92. The van der Waals surface area contributed by atoms with Gasteiger partial charge in [-0.25, -0.2) is 4.98 Å². The van der Waals surface area contributed by atoms with E-state index in [1.807, 2.05) is 6.07 Å². The predicted molar refractivity (Wildman–Crippen MR) is 124 cm³/mol. The van der Waals surface area contributed by atoms with Gasteiger partial charge in [0.05, 0.1) is 9.58 Å². The predicted octanol–water partition coefficient (Wildman–Crippen LogP) is 4.58. The summed E-state index contributed by atoms with van der Waals surface area (Å²) in [5.41, 5.74) is 3.83. The Bertz CT molecular complexity index is 921. The van der Waals surface area contributed by atoms with Crippen LogP contribution < -0.4 is 15.5 Å². The van der Waals surface area contributed by atoms with Crippen LogP contribution in [0.4, 0.5) is 5.13 Å². The van der Waals surface area contributed by atoms with E-state index < -0.39 is 0 Å². The maximum absolute atomic E-state index is 12.5. The topological polar surface area (TPSA) is 57.3 Å². The van der Waals surface area contributed by atoms with Gasteiger partial charge in [0.25, 0.3) is 5.91 Å². The molecule has 0 fully saturated rings. The molecule has 1 aliphatic heterocycles. The highest BCUT2D eigenvalue weighted by Crippen LogP contribution is 2.34. The molecule has 0 aliphatic carbocycles. The molecule has 0 radical (unpaired) electrons. The number of halogens is 2. The Morgan fingerprint density at radius 2 is 1.89 bits per heavy atom. The minimum absolute atomic E-state index is 0. The van der Waals surface area contributed by atoms with Crippen LogP contribution in [0, 0.1) is 0 Å². The van der Waals surface area contributed by atoms with Gasteiger partial charge in [-0.15, -0.1) is 36.2 Å². The van der Waals surface area contributed by atoms with Crippen molar-refractivity contribution < 1.29 is 4.79 Å². The van der Waals surface area contributed by atoms with E-state index in [-0.39, 0.29) is 30.7 Å². The third-order valence-corrected chi connectivity index (χ3v) is 6.91. The second-order valence-corrected chi connectivity index (χ2v) is 8.38. The number of carbonyl (C=O) groups excluding carboxylic acids is 1. The largest absolute Gasteiger partial charge is 0.349 e. The summed E-state index contributed by atoms with van der Waals surface area (Å²) < 4.78 is 1.09. The summed E-state index contributed by atoms with van der Waals surface area (Å²) in [5, 5.41) is 7.41. The van der Waals surface area contributed by atoms with Crippen LogP contribution in [0.25, 0.3) is 9.53 Å². The van der Waals surface area contributed by atoms with Crippen LogP contribution in [0.3, 0.4) is 0 Å². The Hall–Kier alpha value is -1.38. The fourth-order valence-electron chi connectivity index (χ4n) is 3.19. The lowest BCUT2D eigenvalue weighted by molar-refractivity contribution is 0.0955. The van der Waals surface area contributed by atoms with E-state index in [0.29, 0.717) is 6.54 Å². The van der Waals surface area contributed by atoms with Gasteiger partial charge in [-0.3, -0.25) is 4.79 Å². The number of hydrogen-bond donors (Lipinski definition) is 2. The number of aromatic nitrogens is 1. The van der Waals surface area contributed by atoms with Crippen LogP contribution in [0.15, 0.2) is 24.3 Å². The Balaban J connectivity index is 0.00000140. The Labute approximate surface area is 185 Å². The van der Waals surface area contributed by atoms with Gasteiger partial charge in [0.2, 0.25) is 0 Å². The molecule has 1 aromatic carbocycles. The molecule has 0 saturated carbocycles. The monoisotopic (exact) mass is 458 g/mol. The van der Waals surface area contributed by atoms with Crippen molar-refractivity contribution in [1.82, 2.24) is 15.6 Å². The molecular formula is C19H24Cl2N4OS2. The Morgan fingerprint density at radius 1 is 1.14 bits per heavy atom. The molecule has 28 heavy (non-hydrogen) atoms. The van der Waals surface area contributed by atoms with Gasteiger partial charge in [0, 0.05) is 32.7 Å². The number of nitrogens with zero attached hydrogens (tertiary/aromatic N) is 2. The molecule has 152 valence electrons. The van der Waals surface area contributed by atoms with Crippen LogP contribution in [-0.4, -0.2) is 24.0 Å². The van der Waals surface area contributed by atoms with Crippen LogP contribution in [0.1, 0.15) is 40.2 Å². The first-order valence-corrected chi connectivity index (χ1v) is 10.6. The molecule has 9 heteroatoms. The molecule has 0 saturated heterocycles. The smallest absolute Gasteiger partial charge is 0.261 e. The van der Waals surface area contributed by atoms with Gasteiger partial charge >= 0.3 is 0 Å². The minimum atomic E-state index is -0.0248.